The molecule has 0 amide bonds. The van der Waals surface area contributed by atoms with Gasteiger partial charge in [0.05, 0.1) is 0 Å². The zero-order valence-corrected chi connectivity index (χ0v) is 4.32. The van der Waals surface area contributed by atoms with Crippen molar-refractivity contribution in [3.8, 4) is 0 Å². The van der Waals surface area contributed by atoms with Crippen LogP contribution in [0.15, 0.2) is 0 Å². The molecule has 0 aromatic heterocycles. The SMILES string of the molecule is OOO.[Mg+2].[OH-].[OH-]. The second-order valence-electron chi connectivity index (χ2n) is 0.0816. The van der Waals surface area contributed by atoms with Gasteiger partial charge in [0.15, 0.2) is 0 Å². The molecular formula is H4MgO5. The van der Waals surface area contributed by atoms with E-state index in [-0.39, 0.29) is 34.0 Å². The van der Waals surface area contributed by atoms with Crippen LogP contribution in [0.4, 0.5) is 0 Å². The van der Waals surface area contributed by atoms with Crippen LogP contribution < -0.4 is 0 Å². The van der Waals surface area contributed by atoms with E-state index in [1.54, 1.807) is 0 Å². The minimum absolute atomic E-state index is 0. The first kappa shape index (κ1) is 30.9. The Morgan fingerprint density at radius 2 is 1.00 bits per heavy atom. The van der Waals surface area contributed by atoms with Gasteiger partial charge in [0.2, 0.25) is 0 Å². The molecule has 0 aliphatic rings. The molecule has 0 heterocycles. The molecule has 4 N–H and O–H groups in total. The maximum Gasteiger partial charge on any atom is 2.00 e. The molecule has 0 aromatic rings. The van der Waals surface area contributed by atoms with E-state index < -0.39 is 0 Å². The smallest absolute Gasteiger partial charge is 0.870 e. The summed E-state index contributed by atoms with van der Waals surface area (Å²) in [5, 5.41) is 15.5. The van der Waals surface area contributed by atoms with Crippen LogP contribution in [0.25, 0.3) is 0 Å². The van der Waals surface area contributed by atoms with Crippen LogP contribution in [0, 0.1) is 0 Å². The second kappa shape index (κ2) is 47.3. The van der Waals surface area contributed by atoms with Gasteiger partial charge in [-0.2, -0.15) is 0 Å². The monoisotopic (exact) mass is 108 g/mol. The van der Waals surface area contributed by atoms with Crippen LogP contribution in [0.2, 0.25) is 0 Å². The maximum absolute atomic E-state index is 6.62. The fourth-order valence-corrected chi connectivity index (χ4v) is 0. The quantitative estimate of drug-likeness (QED) is 0.240. The predicted octanol–water partition coefficient (Wildman–Crippen LogP) is -0.785. The summed E-state index contributed by atoms with van der Waals surface area (Å²) in [5.41, 5.74) is 0. The van der Waals surface area contributed by atoms with E-state index in [2.05, 4.69) is 5.04 Å². The Hall–Kier alpha value is 0.566. The summed E-state index contributed by atoms with van der Waals surface area (Å²) in [6.45, 7) is 0. The van der Waals surface area contributed by atoms with Crippen LogP contribution >= 0.6 is 0 Å². The molecule has 36 valence electrons. The van der Waals surface area contributed by atoms with Crippen molar-refractivity contribution in [2.75, 3.05) is 0 Å². The molecule has 0 aromatic carbocycles. The standard InChI is InChI=1S/Mg.H2O3.2H2O/c;1-3-2;;/h;1-2H;2*1H2/q+2;;;/p-2. The first-order valence-electron chi connectivity index (χ1n) is 0.365. The third-order valence-electron chi connectivity index (χ3n) is 0. The second-order valence-corrected chi connectivity index (χ2v) is 0.0816. The van der Waals surface area contributed by atoms with Gasteiger partial charge in [-0.15, -0.1) is 0 Å². The van der Waals surface area contributed by atoms with E-state index >= 15 is 0 Å². The Balaban J connectivity index is -0.00000000667. The number of hydrogen-bond donors (Lipinski definition) is 2. The van der Waals surface area contributed by atoms with Gasteiger partial charge in [-0.25, -0.2) is 10.5 Å². The van der Waals surface area contributed by atoms with Gasteiger partial charge >= 0.3 is 23.1 Å². The topological polar surface area (TPSA) is 110 Å². The van der Waals surface area contributed by atoms with Crippen molar-refractivity contribution in [1.82, 2.24) is 0 Å². The predicted molar refractivity (Wildman–Crippen MR) is 16.0 cm³/mol. The van der Waals surface area contributed by atoms with E-state index in [0.29, 0.717) is 0 Å². The molecule has 0 saturated carbocycles. The van der Waals surface area contributed by atoms with Gasteiger partial charge in [-0.3, -0.25) is 0 Å². The Bertz CT molecular complexity index is 3.90. The van der Waals surface area contributed by atoms with E-state index in [4.69, 9.17) is 10.5 Å². The van der Waals surface area contributed by atoms with Crippen molar-refractivity contribution in [3.05, 3.63) is 0 Å². The van der Waals surface area contributed by atoms with Crippen molar-refractivity contribution in [2.45, 2.75) is 0 Å². The van der Waals surface area contributed by atoms with Crippen molar-refractivity contribution >= 4 is 23.1 Å². The van der Waals surface area contributed by atoms with Crippen LogP contribution in [-0.2, 0) is 5.04 Å². The van der Waals surface area contributed by atoms with E-state index in [1.807, 2.05) is 0 Å². The third-order valence-corrected chi connectivity index (χ3v) is 0. The van der Waals surface area contributed by atoms with Crippen LogP contribution in [-0.4, -0.2) is 44.5 Å². The first-order valence-corrected chi connectivity index (χ1v) is 0.365. The van der Waals surface area contributed by atoms with E-state index in [0.717, 1.165) is 0 Å². The fourth-order valence-electron chi connectivity index (χ4n) is 0. The van der Waals surface area contributed by atoms with Crippen molar-refractivity contribution in [1.29, 1.82) is 0 Å². The van der Waals surface area contributed by atoms with Gasteiger partial charge in [-0.1, -0.05) is 5.04 Å². The van der Waals surface area contributed by atoms with Gasteiger partial charge in [0.1, 0.15) is 0 Å². The molecule has 0 unspecified atom stereocenters. The van der Waals surface area contributed by atoms with E-state index in [9.17, 15) is 0 Å². The molecule has 6 heteroatoms. The molecule has 0 spiro atoms. The number of hydrogen-bond acceptors (Lipinski definition) is 5. The van der Waals surface area contributed by atoms with Gasteiger partial charge < -0.3 is 11.0 Å². The molecule has 0 bridgehead atoms. The Morgan fingerprint density at radius 3 is 1.00 bits per heavy atom. The zero-order valence-electron chi connectivity index (χ0n) is 2.90. The zero-order chi connectivity index (χ0) is 2.71. The first-order chi connectivity index (χ1) is 1.41. The van der Waals surface area contributed by atoms with Gasteiger partial charge in [0.25, 0.3) is 0 Å². The Labute approximate surface area is 50.2 Å². The summed E-state index contributed by atoms with van der Waals surface area (Å²) in [6.07, 6.45) is 0. The Kier molecular flexibility index (Phi) is 244. The van der Waals surface area contributed by atoms with Gasteiger partial charge in [-0.05, 0) is 0 Å². The van der Waals surface area contributed by atoms with Crippen molar-refractivity contribution < 1.29 is 26.5 Å². The summed E-state index contributed by atoms with van der Waals surface area (Å²) in [5.74, 6) is 0. The minimum Gasteiger partial charge on any atom is -0.870 e. The molecule has 0 aliphatic carbocycles. The molecule has 6 heavy (non-hydrogen) atoms. The van der Waals surface area contributed by atoms with Crippen molar-refractivity contribution in [2.24, 2.45) is 0 Å². The Morgan fingerprint density at radius 1 is 1.00 bits per heavy atom. The summed E-state index contributed by atoms with van der Waals surface area (Å²) in [6, 6.07) is 0. The molecule has 0 aliphatic heterocycles. The van der Waals surface area contributed by atoms with Gasteiger partial charge in [0, 0.05) is 0 Å². The van der Waals surface area contributed by atoms with E-state index in [1.165, 1.54) is 0 Å². The maximum atomic E-state index is 6.62. The molecular weight excluding hydrogens is 104 g/mol. The van der Waals surface area contributed by atoms with Crippen LogP contribution in [0.1, 0.15) is 0 Å². The van der Waals surface area contributed by atoms with Crippen molar-refractivity contribution in [3.63, 3.8) is 0 Å². The molecule has 5 nitrogen and oxygen atoms in total. The largest absolute Gasteiger partial charge is 2.00 e. The molecule has 0 atom stereocenters. The average Bonchev–Trinajstić information content (AvgIpc) is 0.918. The van der Waals surface area contributed by atoms with Crippen LogP contribution in [0.5, 0.6) is 0 Å². The summed E-state index contributed by atoms with van der Waals surface area (Å²) >= 11 is 0. The number of rotatable bonds is 0. The molecule has 0 radical (unpaired) electrons. The minimum atomic E-state index is 0. The third kappa shape index (κ3) is 181. The molecule has 0 rings (SSSR count). The summed E-state index contributed by atoms with van der Waals surface area (Å²) < 4.78 is 0. The normalized spacial score (nSPS) is 3.00. The average molecular weight is 108 g/mol. The fraction of sp³-hybridized carbons (Fsp3) is 0. The molecule has 0 fully saturated rings. The summed E-state index contributed by atoms with van der Waals surface area (Å²) in [7, 11) is 0. The molecule has 0 saturated heterocycles. The van der Waals surface area contributed by atoms with Crippen LogP contribution in [0.3, 0.4) is 0 Å². The summed E-state index contributed by atoms with van der Waals surface area (Å²) in [4.78, 5) is 0.